The summed E-state index contributed by atoms with van der Waals surface area (Å²) in [5.74, 6) is 0. The molecule has 0 aromatic heterocycles. The Morgan fingerprint density at radius 1 is 1.07 bits per heavy atom. The largest absolute Gasteiger partial charge is 0.409 e. The molecule has 2 nitrogen and oxygen atoms in total. The quantitative estimate of drug-likeness (QED) is 0.698. The van der Waals surface area contributed by atoms with E-state index < -0.39 is 18.6 Å². The molecule has 1 fully saturated rings. The zero-order chi connectivity index (χ0) is 10.8. The Balaban J connectivity index is 2.66. The Hall–Kier alpha value is -0.430. The van der Waals surface area contributed by atoms with E-state index in [2.05, 4.69) is 5.32 Å². The molecule has 0 saturated carbocycles. The minimum Gasteiger partial charge on any atom is -0.314 e. The first-order valence-corrected chi connectivity index (χ1v) is 4.22. The first-order valence-electron chi connectivity index (χ1n) is 4.22. The van der Waals surface area contributed by atoms with E-state index in [0.717, 1.165) is 4.90 Å². The zero-order valence-corrected chi connectivity index (χ0v) is 7.32. The van der Waals surface area contributed by atoms with Crippen molar-refractivity contribution in [1.29, 1.82) is 0 Å². The molecule has 7 heteroatoms. The van der Waals surface area contributed by atoms with Crippen LogP contribution in [0.3, 0.4) is 0 Å². The molecule has 1 aliphatic heterocycles. The zero-order valence-electron chi connectivity index (χ0n) is 7.32. The summed E-state index contributed by atoms with van der Waals surface area (Å²) in [4.78, 5) is 0.779. The van der Waals surface area contributed by atoms with Gasteiger partial charge in [0, 0.05) is 26.2 Å². The van der Waals surface area contributed by atoms with E-state index in [1.165, 1.54) is 0 Å². The molecule has 0 spiro atoms. The lowest BCUT2D eigenvalue weighted by Gasteiger charge is -2.35. The van der Waals surface area contributed by atoms with Crippen molar-refractivity contribution in [3.05, 3.63) is 0 Å². The first kappa shape index (κ1) is 11.6. The molecule has 84 valence electrons. The van der Waals surface area contributed by atoms with Crippen LogP contribution in [0.2, 0.25) is 0 Å². The molecular weight excluding hydrogens is 207 g/mol. The third-order valence-corrected chi connectivity index (χ3v) is 2.12. The van der Waals surface area contributed by atoms with E-state index in [1.807, 2.05) is 0 Å². The molecule has 0 radical (unpaired) electrons. The number of piperazine rings is 1. The highest BCUT2D eigenvalue weighted by atomic mass is 19.4. The van der Waals surface area contributed by atoms with Gasteiger partial charge in [-0.15, -0.1) is 0 Å². The lowest BCUT2D eigenvalue weighted by Crippen LogP contribution is -2.56. The van der Waals surface area contributed by atoms with E-state index in [4.69, 9.17) is 0 Å². The summed E-state index contributed by atoms with van der Waals surface area (Å²) in [6, 6.07) is -2.62. The minimum atomic E-state index is -4.86. The molecule has 0 aromatic rings. The standard InChI is InChI=1S/C7H11F5N2/c8-6(9)5(7(10,11)12)14-3-1-13-2-4-14/h5-6,13H,1-4H2. The molecule has 1 unspecified atom stereocenters. The maximum atomic E-state index is 12.2. The summed E-state index contributed by atoms with van der Waals surface area (Å²) in [5, 5.41) is 2.81. The summed E-state index contributed by atoms with van der Waals surface area (Å²) in [6.07, 6.45) is -8.24. The van der Waals surface area contributed by atoms with Crippen LogP contribution in [-0.2, 0) is 0 Å². The predicted molar refractivity (Wildman–Crippen MR) is 40.3 cm³/mol. The van der Waals surface area contributed by atoms with Gasteiger partial charge in [0.1, 0.15) is 0 Å². The number of halogens is 5. The fraction of sp³-hybridized carbons (Fsp3) is 1.00. The SMILES string of the molecule is FC(F)C(N1CCNCC1)C(F)(F)F. The summed E-state index contributed by atoms with van der Waals surface area (Å²) >= 11 is 0. The summed E-state index contributed by atoms with van der Waals surface area (Å²) < 4.78 is 61.0. The van der Waals surface area contributed by atoms with E-state index in [1.54, 1.807) is 0 Å². The van der Waals surface area contributed by atoms with Gasteiger partial charge >= 0.3 is 6.18 Å². The molecule has 1 saturated heterocycles. The highest BCUT2D eigenvalue weighted by molar-refractivity contribution is 4.83. The summed E-state index contributed by atoms with van der Waals surface area (Å²) in [7, 11) is 0. The number of nitrogens with zero attached hydrogens (tertiary/aromatic N) is 1. The van der Waals surface area contributed by atoms with Crippen LogP contribution in [0.1, 0.15) is 0 Å². The van der Waals surface area contributed by atoms with Crippen molar-refractivity contribution in [3.8, 4) is 0 Å². The molecule has 1 aliphatic rings. The summed E-state index contributed by atoms with van der Waals surface area (Å²) in [5.41, 5.74) is 0. The number of rotatable bonds is 2. The second-order valence-corrected chi connectivity index (χ2v) is 3.11. The van der Waals surface area contributed by atoms with Gasteiger partial charge in [-0.2, -0.15) is 13.2 Å². The van der Waals surface area contributed by atoms with Crippen LogP contribution in [0.15, 0.2) is 0 Å². The molecule has 0 aliphatic carbocycles. The number of alkyl halides is 5. The highest BCUT2D eigenvalue weighted by Gasteiger charge is 2.49. The average molecular weight is 218 g/mol. The second kappa shape index (κ2) is 4.39. The van der Waals surface area contributed by atoms with Crippen LogP contribution < -0.4 is 5.32 Å². The van der Waals surface area contributed by atoms with Crippen LogP contribution in [0.4, 0.5) is 22.0 Å². The van der Waals surface area contributed by atoms with E-state index >= 15 is 0 Å². The lowest BCUT2D eigenvalue weighted by atomic mass is 10.2. The Bertz CT molecular complexity index is 175. The molecule has 1 N–H and O–H groups in total. The van der Waals surface area contributed by atoms with Crippen molar-refractivity contribution in [2.45, 2.75) is 18.6 Å². The van der Waals surface area contributed by atoms with Crippen LogP contribution in [0, 0.1) is 0 Å². The number of hydrogen-bond acceptors (Lipinski definition) is 2. The molecule has 1 atom stereocenters. The van der Waals surface area contributed by atoms with Gasteiger partial charge in [0.25, 0.3) is 6.43 Å². The third-order valence-electron chi connectivity index (χ3n) is 2.12. The number of hydrogen-bond donors (Lipinski definition) is 1. The maximum absolute atomic E-state index is 12.2. The van der Waals surface area contributed by atoms with Gasteiger partial charge in [0.05, 0.1) is 0 Å². The fourth-order valence-electron chi connectivity index (χ4n) is 1.47. The van der Waals surface area contributed by atoms with Crippen molar-refractivity contribution >= 4 is 0 Å². The van der Waals surface area contributed by atoms with E-state index in [-0.39, 0.29) is 13.1 Å². The van der Waals surface area contributed by atoms with Crippen LogP contribution in [-0.4, -0.2) is 49.7 Å². The molecular formula is C7H11F5N2. The molecule has 0 bridgehead atoms. The first-order chi connectivity index (χ1) is 6.43. The topological polar surface area (TPSA) is 15.3 Å². The Morgan fingerprint density at radius 2 is 1.57 bits per heavy atom. The maximum Gasteiger partial charge on any atom is 0.409 e. The van der Waals surface area contributed by atoms with Crippen molar-refractivity contribution in [2.24, 2.45) is 0 Å². The van der Waals surface area contributed by atoms with Crippen LogP contribution in [0.25, 0.3) is 0 Å². The minimum absolute atomic E-state index is 0.00845. The number of nitrogens with one attached hydrogen (secondary N) is 1. The highest BCUT2D eigenvalue weighted by Crippen LogP contribution is 2.29. The molecule has 14 heavy (non-hydrogen) atoms. The lowest BCUT2D eigenvalue weighted by molar-refractivity contribution is -0.216. The van der Waals surface area contributed by atoms with Gasteiger partial charge in [0.15, 0.2) is 6.04 Å². The fourth-order valence-corrected chi connectivity index (χ4v) is 1.47. The van der Waals surface area contributed by atoms with Gasteiger partial charge < -0.3 is 5.32 Å². The van der Waals surface area contributed by atoms with Crippen molar-refractivity contribution < 1.29 is 22.0 Å². The Kier molecular flexibility index (Phi) is 3.65. The molecule has 0 amide bonds. The average Bonchev–Trinajstić information content (AvgIpc) is 2.02. The van der Waals surface area contributed by atoms with E-state index in [9.17, 15) is 22.0 Å². The second-order valence-electron chi connectivity index (χ2n) is 3.11. The summed E-state index contributed by atoms with van der Waals surface area (Å²) in [6.45, 7) is 0.654. The normalized spacial score (nSPS) is 22.7. The van der Waals surface area contributed by atoms with Crippen LogP contribution >= 0.6 is 0 Å². The van der Waals surface area contributed by atoms with Crippen molar-refractivity contribution in [3.63, 3.8) is 0 Å². The van der Waals surface area contributed by atoms with Gasteiger partial charge in [0.2, 0.25) is 0 Å². The van der Waals surface area contributed by atoms with Gasteiger partial charge in [-0.3, -0.25) is 4.90 Å². The molecule has 1 heterocycles. The van der Waals surface area contributed by atoms with Crippen molar-refractivity contribution in [1.82, 2.24) is 10.2 Å². The monoisotopic (exact) mass is 218 g/mol. The van der Waals surface area contributed by atoms with Gasteiger partial charge in [-0.25, -0.2) is 8.78 Å². The Morgan fingerprint density at radius 3 is 1.93 bits per heavy atom. The van der Waals surface area contributed by atoms with Crippen LogP contribution in [0.5, 0.6) is 0 Å². The molecule has 1 rings (SSSR count). The van der Waals surface area contributed by atoms with Gasteiger partial charge in [-0.05, 0) is 0 Å². The molecule has 0 aromatic carbocycles. The van der Waals surface area contributed by atoms with Gasteiger partial charge in [-0.1, -0.05) is 0 Å². The van der Waals surface area contributed by atoms with Crippen molar-refractivity contribution in [2.75, 3.05) is 26.2 Å². The third kappa shape index (κ3) is 2.78. The smallest absolute Gasteiger partial charge is 0.314 e. The predicted octanol–water partition coefficient (Wildman–Crippen LogP) is 1.09. The Labute approximate surface area is 78.1 Å². The van der Waals surface area contributed by atoms with E-state index in [0.29, 0.717) is 13.1 Å².